The fraction of sp³-hybridized carbons (Fsp3) is 0.500. The summed E-state index contributed by atoms with van der Waals surface area (Å²) in [6.45, 7) is 2.50. The third kappa shape index (κ3) is 3.47. The molecular formula is C14H16Cl2O2. The number of Topliss-reactive ketones (excluding diaryl/α,β-unsaturated/α-hetero) is 1. The highest BCUT2D eigenvalue weighted by molar-refractivity contribution is 6.42. The first kappa shape index (κ1) is 13.9. The van der Waals surface area contributed by atoms with E-state index in [0.29, 0.717) is 29.0 Å². The maximum atomic E-state index is 12.2. The molecule has 1 aliphatic carbocycles. The largest absolute Gasteiger partial charge is 0.370 e. The van der Waals surface area contributed by atoms with Crippen molar-refractivity contribution in [2.45, 2.75) is 32.3 Å². The summed E-state index contributed by atoms with van der Waals surface area (Å²) in [4.78, 5) is 12.2. The van der Waals surface area contributed by atoms with Crippen LogP contribution in [0.1, 0.15) is 25.3 Å². The second kappa shape index (κ2) is 6.05. The molecule has 0 radical (unpaired) electrons. The Balaban J connectivity index is 2.02. The minimum Gasteiger partial charge on any atom is -0.370 e. The third-order valence-electron chi connectivity index (χ3n) is 3.08. The summed E-state index contributed by atoms with van der Waals surface area (Å²) >= 11 is 11.8. The van der Waals surface area contributed by atoms with Crippen molar-refractivity contribution in [2.24, 2.45) is 5.92 Å². The number of ether oxygens (including phenoxy) is 1. The molecule has 98 valence electrons. The zero-order chi connectivity index (χ0) is 13.1. The molecule has 0 heterocycles. The third-order valence-corrected chi connectivity index (χ3v) is 3.82. The minimum atomic E-state index is -0.246. The van der Waals surface area contributed by atoms with Gasteiger partial charge in [-0.05, 0) is 43.4 Å². The predicted molar refractivity (Wildman–Crippen MR) is 73.3 cm³/mol. The second-order valence-electron chi connectivity index (χ2n) is 4.60. The second-order valence-corrected chi connectivity index (χ2v) is 5.42. The molecule has 0 N–H and O–H groups in total. The Morgan fingerprint density at radius 2 is 2.11 bits per heavy atom. The Morgan fingerprint density at radius 1 is 1.39 bits per heavy atom. The first-order valence-electron chi connectivity index (χ1n) is 6.20. The van der Waals surface area contributed by atoms with Crippen LogP contribution >= 0.6 is 23.2 Å². The molecule has 1 aromatic rings. The molecule has 2 rings (SSSR count). The van der Waals surface area contributed by atoms with Gasteiger partial charge in [-0.15, -0.1) is 0 Å². The highest BCUT2D eigenvalue weighted by Gasteiger charge is 2.36. The van der Waals surface area contributed by atoms with E-state index in [1.54, 1.807) is 12.1 Å². The van der Waals surface area contributed by atoms with Crippen molar-refractivity contribution in [3.63, 3.8) is 0 Å². The van der Waals surface area contributed by atoms with E-state index in [4.69, 9.17) is 27.9 Å². The maximum absolute atomic E-state index is 12.2. The van der Waals surface area contributed by atoms with Gasteiger partial charge < -0.3 is 4.74 Å². The lowest BCUT2D eigenvalue weighted by molar-refractivity contribution is -0.130. The Morgan fingerprint density at radius 3 is 2.67 bits per heavy atom. The van der Waals surface area contributed by atoms with Crippen LogP contribution in [0.2, 0.25) is 10.0 Å². The van der Waals surface area contributed by atoms with Gasteiger partial charge in [0.15, 0.2) is 5.78 Å². The average Bonchev–Trinajstić information content (AvgIpc) is 3.15. The monoisotopic (exact) mass is 286 g/mol. The van der Waals surface area contributed by atoms with Crippen molar-refractivity contribution >= 4 is 29.0 Å². The number of benzene rings is 1. The molecule has 0 amide bonds. The number of carbonyl (C=O) groups is 1. The summed E-state index contributed by atoms with van der Waals surface area (Å²) in [6.07, 6.45) is 2.30. The quantitative estimate of drug-likeness (QED) is 0.792. The molecule has 1 saturated carbocycles. The van der Waals surface area contributed by atoms with Crippen LogP contribution in [-0.4, -0.2) is 18.5 Å². The number of rotatable bonds is 6. The average molecular weight is 287 g/mol. The first-order chi connectivity index (χ1) is 8.61. The van der Waals surface area contributed by atoms with E-state index < -0.39 is 0 Å². The SMILES string of the molecule is CCOC(C(=O)Cc1ccc(Cl)c(Cl)c1)C1CC1. The standard InChI is InChI=1S/C14H16Cl2O2/c1-2-18-14(10-4-5-10)13(17)8-9-3-6-11(15)12(16)7-9/h3,6-7,10,14H,2,4-5,8H2,1H3. The van der Waals surface area contributed by atoms with E-state index in [0.717, 1.165) is 18.4 Å². The molecule has 0 aromatic heterocycles. The van der Waals surface area contributed by atoms with Gasteiger partial charge in [0.25, 0.3) is 0 Å². The normalized spacial score (nSPS) is 16.6. The van der Waals surface area contributed by atoms with Gasteiger partial charge in [0.1, 0.15) is 6.10 Å². The van der Waals surface area contributed by atoms with Crippen LogP contribution in [0.5, 0.6) is 0 Å². The molecule has 0 spiro atoms. The number of halogens is 2. The van der Waals surface area contributed by atoms with E-state index in [2.05, 4.69) is 0 Å². The maximum Gasteiger partial charge on any atom is 0.166 e. The van der Waals surface area contributed by atoms with E-state index in [1.807, 2.05) is 13.0 Å². The first-order valence-corrected chi connectivity index (χ1v) is 6.95. The molecule has 0 saturated heterocycles. The summed E-state index contributed by atoms with van der Waals surface area (Å²) in [6, 6.07) is 5.30. The minimum absolute atomic E-state index is 0.137. The molecule has 1 fully saturated rings. The van der Waals surface area contributed by atoms with Gasteiger partial charge >= 0.3 is 0 Å². The summed E-state index contributed by atoms with van der Waals surface area (Å²) in [5, 5.41) is 0.998. The summed E-state index contributed by atoms with van der Waals surface area (Å²) < 4.78 is 5.55. The Bertz CT molecular complexity index is 441. The van der Waals surface area contributed by atoms with Gasteiger partial charge in [-0.25, -0.2) is 0 Å². The Hall–Kier alpha value is -0.570. The summed E-state index contributed by atoms with van der Waals surface area (Å²) in [5.74, 6) is 0.554. The summed E-state index contributed by atoms with van der Waals surface area (Å²) in [7, 11) is 0. The van der Waals surface area contributed by atoms with Crippen LogP contribution in [-0.2, 0) is 16.0 Å². The van der Waals surface area contributed by atoms with Gasteiger partial charge in [-0.2, -0.15) is 0 Å². The molecule has 0 bridgehead atoms. The van der Waals surface area contributed by atoms with Crippen LogP contribution < -0.4 is 0 Å². The zero-order valence-electron chi connectivity index (χ0n) is 10.3. The van der Waals surface area contributed by atoms with Gasteiger partial charge in [-0.3, -0.25) is 4.79 Å². The summed E-state index contributed by atoms with van der Waals surface area (Å²) in [5.41, 5.74) is 0.889. The Kier molecular flexibility index (Phi) is 4.66. The van der Waals surface area contributed by atoms with Crippen molar-refractivity contribution in [3.05, 3.63) is 33.8 Å². The molecule has 4 heteroatoms. The van der Waals surface area contributed by atoms with Crippen molar-refractivity contribution in [1.29, 1.82) is 0 Å². The number of carbonyl (C=O) groups excluding carboxylic acids is 1. The lowest BCUT2D eigenvalue weighted by Gasteiger charge is -2.15. The van der Waals surface area contributed by atoms with E-state index >= 15 is 0 Å². The molecule has 2 nitrogen and oxygen atoms in total. The van der Waals surface area contributed by atoms with Crippen LogP contribution in [0.3, 0.4) is 0 Å². The fourth-order valence-corrected chi connectivity index (χ4v) is 2.34. The van der Waals surface area contributed by atoms with Crippen molar-refractivity contribution in [2.75, 3.05) is 6.61 Å². The molecular weight excluding hydrogens is 271 g/mol. The van der Waals surface area contributed by atoms with Gasteiger partial charge in [-0.1, -0.05) is 29.3 Å². The fourth-order valence-electron chi connectivity index (χ4n) is 2.02. The highest BCUT2D eigenvalue weighted by Crippen LogP contribution is 2.35. The van der Waals surface area contributed by atoms with Gasteiger partial charge in [0, 0.05) is 13.0 Å². The molecule has 1 aromatic carbocycles. The molecule has 1 aliphatic rings. The van der Waals surface area contributed by atoms with E-state index in [1.165, 1.54) is 0 Å². The number of ketones is 1. The van der Waals surface area contributed by atoms with Crippen LogP contribution in [0.4, 0.5) is 0 Å². The van der Waals surface area contributed by atoms with Gasteiger partial charge in [0.05, 0.1) is 10.0 Å². The Labute approximate surface area is 117 Å². The number of hydrogen-bond acceptors (Lipinski definition) is 2. The smallest absolute Gasteiger partial charge is 0.166 e. The molecule has 1 atom stereocenters. The van der Waals surface area contributed by atoms with Crippen molar-refractivity contribution < 1.29 is 9.53 Å². The molecule has 0 aliphatic heterocycles. The predicted octanol–water partition coefficient (Wildman–Crippen LogP) is 3.92. The number of hydrogen-bond donors (Lipinski definition) is 0. The highest BCUT2D eigenvalue weighted by atomic mass is 35.5. The zero-order valence-corrected chi connectivity index (χ0v) is 11.8. The lowest BCUT2D eigenvalue weighted by Crippen LogP contribution is -2.28. The van der Waals surface area contributed by atoms with Crippen LogP contribution in [0.15, 0.2) is 18.2 Å². The van der Waals surface area contributed by atoms with Crippen molar-refractivity contribution in [1.82, 2.24) is 0 Å². The topological polar surface area (TPSA) is 26.3 Å². The van der Waals surface area contributed by atoms with Crippen LogP contribution in [0, 0.1) is 5.92 Å². The van der Waals surface area contributed by atoms with Gasteiger partial charge in [0.2, 0.25) is 0 Å². The van der Waals surface area contributed by atoms with E-state index in [9.17, 15) is 4.79 Å². The molecule has 18 heavy (non-hydrogen) atoms. The van der Waals surface area contributed by atoms with Crippen LogP contribution in [0.25, 0.3) is 0 Å². The van der Waals surface area contributed by atoms with E-state index in [-0.39, 0.29) is 11.9 Å². The van der Waals surface area contributed by atoms with Crippen molar-refractivity contribution in [3.8, 4) is 0 Å². The lowest BCUT2D eigenvalue weighted by atomic mass is 10.0. The molecule has 1 unspecified atom stereocenters.